The zero-order chi connectivity index (χ0) is 19.5. The Hall–Kier alpha value is -3.39. The zero-order valence-corrected chi connectivity index (χ0v) is 16.1. The van der Waals surface area contributed by atoms with Crippen molar-refractivity contribution in [2.75, 3.05) is 19.0 Å². The fourth-order valence-corrected chi connectivity index (χ4v) is 3.51. The Balaban J connectivity index is 1.67. The summed E-state index contributed by atoms with van der Waals surface area (Å²) in [6, 6.07) is 14.7. The highest BCUT2D eigenvalue weighted by molar-refractivity contribution is 7.18. The first-order valence-corrected chi connectivity index (χ1v) is 9.44. The summed E-state index contributed by atoms with van der Waals surface area (Å²) in [4.78, 5) is 12.5. The summed E-state index contributed by atoms with van der Waals surface area (Å²) >= 11 is 1.27. The molecule has 0 amide bonds. The van der Waals surface area contributed by atoms with Gasteiger partial charge in [0.05, 0.1) is 19.3 Å². The highest BCUT2D eigenvalue weighted by Gasteiger charge is 2.15. The lowest BCUT2D eigenvalue weighted by atomic mass is 10.2. The second kappa shape index (κ2) is 7.69. The number of anilines is 2. The Morgan fingerprint density at radius 1 is 1.14 bits per heavy atom. The SMILES string of the molecule is CCOc1cccc2cc(-c3nnc(Nc4cccc(OC)c4)s3)c(=O)oc12. The topological polar surface area (TPSA) is 86.5 Å². The quantitative estimate of drug-likeness (QED) is 0.482. The molecule has 0 atom stereocenters. The first kappa shape index (κ1) is 18.0. The number of methoxy groups -OCH3 is 1. The Morgan fingerprint density at radius 3 is 2.82 bits per heavy atom. The predicted octanol–water partition coefficient (Wildman–Crippen LogP) is 4.46. The van der Waals surface area contributed by atoms with Gasteiger partial charge in [-0.2, -0.15) is 0 Å². The maximum absolute atomic E-state index is 12.5. The Kier molecular flexibility index (Phi) is 4.94. The largest absolute Gasteiger partial charge is 0.497 e. The Labute approximate surface area is 164 Å². The van der Waals surface area contributed by atoms with Crippen LogP contribution in [0.25, 0.3) is 21.5 Å². The molecule has 0 radical (unpaired) electrons. The minimum absolute atomic E-state index is 0.359. The molecule has 8 heteroatoms. The van der Waals surface area contributed by atoms with Crippen LogP contribution in [0.3, 0.4) is 0 Å². The second-order valence-corrected chi connectivity index (χ2v) is 6.80. The van der Waals surface area contributed by atoms with Gasteiger partial charge in [-0.15, -0.1) is 10.2 Å². The maximum Gasteiger partial charge on any atom is 0.346 e. The number of fused-ring (bicyclic) bond motifs is 1. The van der Waals surface area contributed by atoms with Crippen LogP contribution >= 0.6 is 11.3 Å². The van der Waals surface area contributed by atoms with Crippen LogP contribution in [0.4, 0.5) is 10.8 Å². The molecular formula is C20H17N3O4S. The normalized spacial score (nSPS) is 10.8. The maximum atomic E-state index is 12.5. The van der Waals surface area contributed by atoms with Crippen LogP contribution in [0.5, 0.6) is 11.5 Å². The van der Waals surface area contributed by atoms with Gasteiger partial charge in [0.25, 0.3) is 0 Å². The summed E-state index contributed by atoms with van der Waals surface area (Å²) in [5, 5.41) is 13.2. The Bertz CT molecular complexity index is 1190. The van der Waals surface area contributed by atoms with Crippen LogP contribution in [0.15, 0.2) is 57.7 Å². The van der Waals surface area contributed by atoms with Crippen molar-refractivity contribution in [2.45, 2.75) is 6.92 Å². The van der Waals surface area contributed by atoms with Gasteiger partial charge in [0.1, 0.15) is 5.75 Å². The summed E-state index contributed by atoms with van der Waals surface area (Å²) < 4.78 is 16.3. The molecule has 0 bridgehead atoms. The van der Waals surface area contributed by atoms with E-state index in [1.807, 2.05) is 43.3 Å². The number of ether oxygens (including phenoxy) is 2. The van der Waals surface area contributed by atoms with E-state index in [-0.39, 0.29) is 0 Å². The molecule has 4 aromatic rings. The number of hydrogen-bond acceptors (Lipinski definition) is 8. The first-order chi connectivity index (χ1) is 13.7. The molecule has 0 saturated heterocycles. The monoisotopic (exact) mass is 395 g/mol. The van der Waals surface area contributed by atoms with Crippen molar-refractivity contribution in [1.29, 1.82) is 0 Å². The van der Waals surface area contributed by atoms with Crippen molar-refractivity contribution in [3.63, 3.8) is 0 Å². The minimum Gasteiger partial charge on any atom is -0.497 e. The van der Waals surface area contributed by atoms with Crippen molar-refractivity contribution >= 4 is 33.1 Å². The van der Waals surface area contributed by atoms with E-state index in [4.69, 9.17) is 13.9 Å². The van der Waals surface area contributed by atoms with Crippen molar-refractivity contribution < 1.29 is 13.9 Å². The number of para-hydroxylation sites is 1. The minimum atomic E-state index is -0.483. The third kappa shape index (κ3) is 3.54. The number of aromatic nitrogens is 2. The Morgan fingerprint density at radius 2 is 2.00 bits per heavy atom. The van der Waals surface area contributed by atoms with Crippen molar-refractivity contribution in [3.05, 3.63) is 59.0 Å². The van der Waals surface area contributed by atoms with Gasteiger partial charge >= 0.3 is 5.63 Å². The molecule has 2 heterocycles. The van der Waals surface area contributed by atoms with E-state index < -0.39 is 5.63 Å². The second-order valence-electron chi connectivity index (χ2n) is 5.82. The van der Waals surface area contributed by atoms with Gasteiger partial charge in [-0.1, -0.05) is 29.5 Å². The molecule has 0 saturated carbocycles. The van der Waals surface area contributed by atoms with E-state index in [9.17, 15) is 4.79 Å². The van der Waals surface area contributed by atoms with Crippen LogP contribution in [-0.2, 0) is 0 Å². The molecule has 2 aromatic heterocycles. The van der Waals surface area contributed by atoms with E-state index in [0.717, 1.165) is 16.8 Å². The van der Waals surface area contributed by atoms with Crippen LogP contribution in [0, 0.1) is 0 Å². The number of nitrogens with one attached hydrogen (secondary N) is 1. The summed E-state index contributed by atoms with van der Waals surface area (Å²) in [6.07, 6.45) is 0. The molecule has 4 rings (SSSR count). The molecule has 28 heavy (non-hydrogen) atoms. The third-order valence-corrected chi connectivity index (χ3v) is 4.87. The summed E-state index contributed by atoms with van der Waals surface area (Å²) in [5.41, 5.74) is 1.12. The standard InChI is InChI=1S/C20H17N3O4S/c1-3-26-16-9-4-6-12-10-15(19(24)27-17(12)16)18-22-23-20(28-18)21-13-7-5-8-14(11-13)25-2/h4-11H,3H2,1-2H3,(H,21,23). The van der Waals surface area contributed by atoms with E-state index in [1.54, 1.807) is 19.2 Å². The molecule has 0 spiro atoms. The zero-order valence-electron chi connectivity index (χ0n) is 15.3. The van der Waals surface area contributed by atoms with Crippen LogP contribution in [-0.4, -0.2) is 23.9 Å². The van der Waals surface area contributed by atoms with Gasteiger partial charge in [0, 0.05) is 17.1 Å². The van der Waals surface area contributed by atoms with E-state index in [2.05, 4.69) is 15.5 Å². The lowest BCUT2D eigenvalue weighted by Crippen LogP contribution is -2.03. The van der Waals surface area contributed by atoms with Crippen molar-refractivity contribution in [3.8, 4) is 22.1 Å². The first-order valence-electron chi connectivity index (χ1n) is 8.62. The lowest BCUT2D eigenvalue weighted by Gasteiger charge is -2.06. The van der Waals surface area contributed by atoms with Gasteiger partial charge in [0.15, 0.2) is 16.3 Å². The van der Waals surface area contributed by atoms with Gasteiger partial charge < -0.3 is 19.2 Å². The van der Waals surface area contributed by atoms with Crippen LogP contribution in [0.1, 0.15) is 6.92 Å². The molecule has 2 aromatic carbocycles. The fraction of sp³-hybridized carbons (Fsp3) is 0.150. The highest BCUT2D eigenvalue weighted by atomic mass is 32.1. The highest BCUT2D eigenvalue weighted by Crippen LogP contribution is 2.31. The molecule has 0 unspecified atom stereocenters. The molecule has 0 aliphatic rings. The van der Waals surface area contributed by atoms with Crippen LogP contribution in [0.2, 0.25) is 0 Å². The summed E-state index contributed by atoms with van der Waals surface area (Å²) in [6.45, 7) is 2.36. The molecule has 7 nitrogen and oxygen atoms in total. The van der Waals surface area contributed by atoms with Gasteiger partial charge in [0.2, 0.25) is 5.13 Å². The lowest BCUT2D eigenvalue weighted by molar-refractivity contribution is 0.337. The molecular weight excluding hydrogens is 378 g/mol. The third-order valence-electron chi connectivity index (χ3n) is 4.00. The number of nitrogens with zero attached hydrogens (tertiary/aromatic N) is 2. The van der Waals surface area contributed by atoms with Crippen molar-refractivity contribution in [2.24, 2.45) is 0 Å². The van der Waals surface area contributed by atoms with Gasteiger partial charge in [-0.05, 0) is 31.2 Å². The molecule has 0 aliphatic carbocycles. The van der Waals surface area contributed by atoms with Gasteiger partial charge in [-0.25, -0.2) is 4.79 Å². The number of rotatable bonds is 6. The van der Waals surface area contributed by atoms with Crippen LogP contribution < -0.4 is 20.4 Å². The predicted molar refractivity (Wildman–Crippen MR) is 109 cm³/mol. The molecule has 0 fully saturated rings. The van der Waals surface area contributed by atoms with E-state index in [1.165, 1.54) is 11.3 Å². The molecule has 142 valence electrons. The van der Waals surface area contributed by atoms with Crippen molar-refractivity contribution in [1.82, 2.24) is 10.2 Å². The molecule has 0 aliphatic heterocycles. The number of hydrogen-bond donors (Lipinski definition) is 1. The smallest absolute Gasteiger partial charge is 0.346 e. The average molecular weight is 395 g/mol. The number of benzene rings is 2. The fourth-order valence-electron chi connectivity index (χ4n) is 2.74. The summed E-state index contributed by atoms with van der Waals surface area (Å²) in [7, 11) is 1.61. The van der Waals surface area contributed by atoms with E-state index in [0.29, 0.717) is 33.6 Å². The van der Waals surface area contributed by atoms with E-state index >= 15 is 0 Å². The molecule has 1 N–H and O–H groups in total. The average Bonchev–Trinajstić information content (AvgIpc) is 3.16. The summed E-state index contributed by atoms with van der Waals surface area (Å²) in [5.74, 6) is 1.27. The van der Waals surface area contributed by atoms with Gasteiger partial charge in [-0.3, -0.25) is 0 Å².